The summed E-state index contributed by atoms with van der Waals surface area (Å²) >= 11 is 5.08. The van der Waals surface area contributed by atoms with Crippen molar-refractivity contribution in [3.8, 4) is 5.75 Å². The molecule has 3 amide bonds. The largest absolute Gasteiger partial charge is 0.494 e. The van der Waals surface area contributed by atoms with Crippen LogP contribution in [0.3, 0.4) is 0 Å². The molecular formula is C25H32N4O4S. The Kier molecular flexibility index (Phi) is 11.0. The third kappa shape index (κ3) is 9.58. The fourth-order valence-corrected chi connectivity index (χ4v) is 2.92. The predicted octanol–water partition coefficient (Wildman–Crippen LogP) is 4.19. The van der Waals surface area contributed by atoms with E-state index >= 15 is 0 Å². The normalized spacial score (nSPS) is 10.4. The molecule has 0 heterocycles. The molecule has 0 bridgehead atoms. The first kappa shape index (κ1) is 26.8. The molecule has 0 spiro atoms. The van der Waals surface area contributed by atoms with Crippen molar-refractivity contribution in [2.45, 2.75) is 46.5 Å². The summed E-state index contributed by atoms with van der Waals surface area (Å²) in [6, 6.07) is 13.2. The van der Waals surface area contributed by atoms with Gasteiger partial charge in [0.05, 0.1) is 6.61 Å². The number of amides is 3. The molecule has 4 N–H and O–H groups in total. The van der Waals surface area contributed by atoms with Crippen LogP contribution in [0.25, 0.3) is 0 Å². The first-order chi connectivity index (χ1) is 16.3. The van der Waals surface area contributed by atoms with Gasteiger partial charge < -0.3 is 10.1 Å². The number of hydrazine groups is 1. The summed E-state index contributed by atoms with van der Waals surface area (Å²) < 4.78 is 5.64. The Hall–Kier alpha value is -3.46. The SMILES string of the molecule is CCCCC(=O)Nc1ccc(C(=O)NNC(=S)NC(=O)c2ccc(OCCC(C)C)cc2)cc1. The maximum absolute atomic E-state index is 12.3. The first-order valence-electron chi connectivity index (χ1n) is 11.3. The van der Waals surface area contributed by atoms with Gasteiger partial charge in [0.25, 0.3) is 11.8 Å². The number of thiocarbonyl (C=S) groups is 1. The molecule has 182 valence electrons. The maximum Gasteiger partial charge on any atom is 0.269 e. The summed E-state index contributed by atoms with van der Waals surface area (Å²) in [5.41, 5.74) is 6.32. The van der Waals surface area contributed by atoms with Crippen molar-refractivity contribution >= 4 is 40.7 Å². The van der Waals surface area contributed by atoms with E-state index in [-0.39, 0.29) is 11.0 Å². The Bertz CT molecular complexity index is 975. The molecule has 0 aliphatic rings. The lowest BCUT2D eigenvalue weighted by molar-refractivity contribution is -0.116. The number of carbonyl (C=O) groups excluding carboxylic acids is 3. The summed E-state index contributed by atoms with van der Waals surface area (Å²) in [4.78, 5) is 36.4. The van der Waals surface area contributed by atoms with Crippen LogP contribution >= 0.6 is 12.2 Å². The minimum atomic E-state index is -0.441. The fourth-order valence-electron chi connectivity index (χ4n) is 2.77. The molecule has 8 nitrogen and oxygen atoms in total. The summed E-state index contributed by atoms with van der Waals surface area (Å²) in [6.45, 7) is 6.90. The van der Waals surface area contributed by atoms with Gasteiger partial charge in [-0.15, -0.1) is 0 Å². The van der Waals surface area contributed by atoms with E-state index in [9.17, 15) is 14.4 Å². The van der Waals surface area contributed by atoms with Crippen LogP contribution in [0.5, 0.6) is 5.75 Å². The van der Waals surface area contributed by atoms with Crippen LogP contribution < -0.4 is 26.2 Å². The quantitative estimate of drug-likeness (QED) is 0.297. The van der Waals surface area contributed by atoms with Gasteiger partial charge in [-0.1, -0.05) is 27.2 Å². The van der Waals surface area contributed by atoms with E-state index in [0.717, 1.165) is 19.3 Å². The molecule has 0 saturated heterocycles. The van der Waals surface area contributed by atoms with Gasteiger partial charge in [0.1, 0.15) is 5.75 Å². The number of carbonyl (C=O) groups is 3. The lowest BCUT2D eigenvalue weighted by atomic mass is 10.1. The summed E-state index contributed by atoms with van der Waals surface area (Å²) in [5, 5.41) is 5.25. The number of rotatable bonds is 10. The van der Waals surface area contributed by atoms with E-state index in [0.29, 0.717) is 41.5 Å². The number of ether oxygens (including phenoxy) is 1. The second-order valence-electron chi connectivity index (χ2n) is 8.15. The van der Waals surface area contributed by atoms with Crippen molar-refractivity contribution in [1.82, 2.24) is 16.2 Å². The van der Waals surface area contributed by atoms with Crippen LogP contribution in [0, 0.1) is 5.92 Å². The van der Waals surface area contributed by atoms with Gasteiger partial charge in [0.2, 0.25) is 5.91 Å². The highest BCUT2D eigenvalue weighted by Crippen LogP contribution is 2.13. The van der Waals surface area contributed by atoms with Crippen molar-refractivity contribution in [1.29, 1.82) is 0 Å². The predicted molar refractivity (Wildman–Crippen MR) is 137 cm³/mol. The van der Waals surface area contributed by atoms with Gasteiger partial charge in [-0.05, 0) is 79.5 Å². The molecule has 0 radical (unpaired) electrons. The number of benzene rings is 2. The third-order valence-electron chi connectivity index (χ3n) is 4.79. The number of hydrogen-bond acceptors (Lipinski definition) is 5. The molecule has 2 aromatic rings. The first-order valence-corrected chi connectivity index (χ1v) is 11.7. The molecule has 0 atom stereocenters. The Morgan fingerprint density at radius 3 is 2.15 bits per heavy atom. The minimum absolute atomic E-state index is 0.0459. The lowest BCUT2D eigenvalue weighted by Crippen LogP contribution is -2.48. The molecule has 0 aliphatic carbocycles. The highest BCUT2D eigenvalue weighted by atomic mass is 32.1. The summed E-state index contributed by atoms with van der Waals surface area (Å²) in [7, 11) is 0. The lowest BCUT2D eigenvalue weighted by Gasteiger charge is -2.12. The van der Waals surface area contributed by atoms with Crippen molar-refractivity contribution in [2.75, 3.05) is 11.9 Å². The molecule has 9 heteroatoms. The van der Waals surface area contributed by atoms with E-state index in [2.05, 4.69) is 35.3 Å². The Morgan fingerprint density at radius 1 is 0.912 bits per heavy atom. The number of unbranched alkanes of at least 4 members (excludes halogenated alkanes) is 1. The number of nitrogens with one attached hydrogen (secondary N) is 4. The summed E-state index contributed by atoms with van der Waals surface area (Å²) in [5.74, 6) is 0.334. The monoisotopic (exact) mass is 484 g/mol. The molecule has 2 rings (SSSR count). The molecule has 0 unspecified atom stereocenters. The average Bonchev–Trinajstić information content (AvgIpc) is 2.82. The van der Waals surface area contributed by atoms with Crippen molar-refractivity contribution in [3.63, 3.8) is 0 Å². The molecule has 34 heavy (non-hydrogen) atoms. The average molecular weight is 485 g/mol. The Labute approximate surface area is 205 Å². The van der Waals surface area contributed by atoms with Crippen LogP contribution in [0.2, 0.25) is 0 Å². The second-order valence-corrected chi connectivity index (χ2v) is 8.56. The Morgan fingerprint density at radius 2 is 1.53 bits per heavy atom. The maximum atomic E-state index is 12.3. The number of anilines is 1. The van der Waals surface area contributed by atoms with E-state index in [1.807, 2.05) is 6.92 Å². The van der Waals surface area contributed by atoms with Crippen molar-refractivity contribution < 1.29 is 19.1 Å². The van der Waals surface area contributed by atoms with Crippen LogP contribution in [0.4, 0.5) is 5.69 Å². The van der Waals surface area contributed by atoms with E-state index < -0.39 is 11.8 Å². The van der Waals surface area contributed by atoms with E-state index in [1.165, 1.54) is 0 Å². The van der Waals surface area contributed by atoms with Crippen LogP contribution in [-0.4, -0.2) is 29.4 Å². The molecule has 0 saturated carbocycles. The number of hydrogen-bond donors (Lipinski definition) is 4. The molecule has 0 aliphatic heterocycles. The van der Waals surface area contributed by atoms with Crippen LogP contribution in [-0.2, 0) is 4.79 Å². The van der Waals surface area contributed by atoms with Gasteiger partial charge >= 0.3 is 0 Å². The highest BCUT2D eigenvalue weighted by molar-refractivity contribution is 7.80. The van der Waals surface area contributed by atoms with Crippen molar-refractivity contribution in [3.05, 3.63) is 59.7 Å². The zero-order valence-corrected chi connectivity index (χ0v) is 20.6. The smallest absolute Gasteiger partial charge is 0.269 e. The summed E-state index contributed by atoms with van der Waals surface area (Å²) in [6.07, 6.45) is 3.18. The van der Waals surface area contributed by atoms with Gasteiger partial charge in [0.15, 0.2) is 5.11 Å². The van der Waals surface area contributed by atoms with Gasteiger partial charge in [-0.25, -0.2) is 0 Å². The van der Waals surface area contributed by atoms with Crippen LogP contribution in [0.1, 0.15) is 67.2 Å². The van der Waals surface area contributed by atoms with E-state index in [4.69, 9.17) is 17.0 Å². The molecular weight excluding hydrogens is 452 g/mol. The highest BCUT2D eigenvalue weighted by Gasteiger charge is 2.10. The van der Waals surface area contributed by atoms with Crippen molar-refractivity contribution in [2.24, 2.45) is 5.92 Å². The van der Waals surface area contributed by atoms with E-state index in [1.54, 1.807) is 48.5 Å². The fraction of sp³-hybridized carbons (Fsp3) is 0.360. The van der Waals surface area contributed by atoms with Crippen LogP contribution in [0.15, 0.2) is 48.5 Å². The molecule has 0 aromatic heterocycles. The second kappa shape index (κ2) is 13.9. The minimum Gasteiger partial charge on any atom is -0.494 e. The van der Waals surface area contributed by atoms with Gasteiger partial charge in [-0.3, -0.25) is 30.6 Å². The zero-order valence-electron chi connectivity index (χ0n) is 19.8. The van der Waals surface area contributed by atoms with Gasteiger partial charge in [0, 0.05) is 23.2 Å². The van der Waals surface area contributed by atoms with Gasteiger partial charge in [-0.2, -0.15) is 0 Å². The standard InChI is InChI=1S/C25H32N4O4S/c1-4-5-6-22(30)26-20-11-7-19(8-12-20)24(32)28-29-25(34)27-23(31)18-9-13-21(14-10-18)33-16-15-17(2)3/h7-14,17H,4-6,15-16H2,1-3H3,(H,26,30)(H,28,32)(H2,27,29,31,34). The third-order valence-corrected chi connectivity index (χ3v) is 4.99. The Balaban J connectivity index is 1.77. The molecule has 0 fully saturated rings. The topological polar surface area (TPSA) is 109 Å². The zero-order chi connectivity index (χ0) is 24.9. The molecule has 2 aromatic carbocycles.